The standard InChI is InChI=1S/C18H20O3S3/c1-2-21-24(19,20)15-18(22-13-16-9-5-3-6-10-16)23-14-17-11-7-4-8-12-17/h3-12,15H,2,13-14H2,1H3. The van der Waals surface area contributed by atoms with Gasteiger partial charge in [0, 0.05) is 11.5 Å². The van der Waals surface area contributed by atoms with Crippen LogP contribution in [-0.4, -0.2) is 15.0 Å². The highest BCUT2D eigenvalue weighted by Crippen LogP contribution is 2.34. The Morgan fingerprint density at radius 2 is 1.38 bits per heavy atom. The Kier molecular flexibility index (Phi) is 7.91. The van der Waals surface area contributed by atoms with Gasteiger partial charge in [-0.05, 0) is 18.1 Å². The van der Waals surface area contributed by atoms with Crippen LogP contribution < -0.4 is 0 Å². The highest BCUT2D eigenvalue weighted by Gasteiger charge is 2.11. The van der Waals surface area contributed by atoms with Crippen molar-refractivity contribution in [3.8, 4) is 0 Å². The second kappa shape index (κ2) is 9.93. The monoisotopic (exact) mass is 380 g/mol. The molecule has 0 spiro atoms. The first-order chi connectivity index (χ1) is 11.6. The number of rotatable bonds is 9. The molecule has 0 amide bonds. The zero-order chi connectivity index (χ0) is 17.3. The maximum Gasteiger partial charge on any atom is 0.291 e. The van der Waals surface area contributed by atoms with Crippen LogP contribution in [0.3, 0.4) is 0 Å². The van der Waals surface area contributed by atoms with Gasteiger partial charge in [0.25, 0.3) is 10.1 Å². The fourth-order valence-corrected chi connectivity index (χ4v) is 5.46. The van der Waals surface area contributed by atoms with Gasteiger partial charge in [0.05, 0.1) is 16.3 Å². The van der Waals surface area contributed by atoms with E-state index < -0.39 is 10.1 Å². The molecule has 0 aliphatic carbocycles. The Morgan fingerprint density at radius 1 is 0.917 bits per heavy atom. The topological polar surface area (TPSA) is 43.4 Å². The smallest absolute Gasteiger partial charge is 0.267 e. The van der Waals surface area contributed by atoms with Gasteiger partial charge in [0.15, 0.2) is 0 Å². The van der Waals surface area contributed by atoms with Gasteiger partial charge in [0.2, 0.25) is 0 Å². The van der Waals surface area contributed by atoms with Crippen molar-refractivity contribution in [1.29, 1.82) is 0 Å². The van der Waals surface area contributed by atoms with Gasteiger partial charge in [-0.25, -0.2) is 0 Å². The van der Waals surface area contributed by atoms with Gasteiger partial charge in [-0.2, -0.15) is 8.42 Å². The van der Waals surface area contributed by atoms with Crippen molar-refractivity contribution in [1.82, 2.24) is 0 Å². The summed E-state index contributed by atoms with van der Waals surface area (Å²) in [5, 5.41) is 1.23. The maximum absolute atomic E-state index is 11.9. The largest absolute Gasteiger partial charge is 0.291 e. The molecule has 3 nitrogen and oxygen atoms in total. The third-order valence-corrected chi connectivity index (χ3v) is 6.82. The summed E-state index contributed by atoms with van der Waals surface area (Å²) in [7, 11) is -3.64. The molecular weight excluding hydrogens is 360 g/mol. The molecule has 0 atom stereocenters. The van der Waals surface area contributed by atoms with E-state index in [2.05, 4.69) is 0 Å². The summed E-state index contributed by atoms with van der Waals surface area (Å²) in [6, 6.07) is 20.0. The Labute approximate surface area is 152 Å². The summed E-state index contributed by atoms with van der Waals surface area (Å²) in [5.41, 5.74) is 2.31. The van der Waals surface area contributed by atoms with E-state index in [1.54, 1.807) is 6.92 Å². The summed E-state index contributed by atoms with van der Waals surface area (Å²) in [5.74, 6) is 1.44. The normalized spacial score (nSPS) is 11.2. The first kappa shape index (κ1) is 19.1. The molecule has 0 saturated carbocycles. The molecule has 0 saturated heterocycles. The van der Waals surface area contributed by atoms with Gasteiger partial charge < -0.3 is 0 Å². The zero-order valence-corrected chi connectivity index (χ0v) is 15.9. The fraction of sp³-hybridized carbons (Fsp3) is 0.222. The molecule has 0 unspecified atom stereocenters. The lowest BCUT2D eigenvalue weighted by molar-refractivity contribution is 0.345. The number of hydrogen-bond acceptors (Lipinski definition) is 5. The van der Waals surface area contributed by atoms with Gasteiger partial charge in [-0.15, -0.1) is 23.5 Å². The van der Waals surface area contributed by atoms with Gasteiger partial charge in [0.1, 0.15) is 0 Å². The van der Waals surface area contributed by atoms with Crippen molar-refractivity contribution >= 4 is 33.6 Å². The van der Waals surface area contributed by atoms with Crippen LogP contribution in [0.2, 0.25) is 0 Å². The third kappa shape index (κ3) is 7.13. The minimum Gasteiger partial charge on any atom is -0.267 e. The molecule has 0 aliphatic rings. The van der Waals surface area contributed by atoms with Crippen molar-refractivity contribution in [2.45, 2.75) is 18.4 Å². The van der Waals surface area contributed by atoms with Crippen LogP contribution in [0.15, 0.2) is 70.3 Å². The Morgan fingerprint density at radius 3 is 1.79 bits per heavy atom. The predicted molar refractivity (Wildman–Crippen MR) is 104 cm³/mol. The fourth-order valence-electron chi connectivity index (χ4n) is 1.88. The van der Waals surface area contributed by atoms with Crippen LogP contribution in [-0.2, 0) is 25.8 Å². The third-order valence-electron chi connectivity index (χ3n) is 2.97. The average Bonchev–Trinajstić information content (AvgIpc) is 2.59. The van der Waals surface area contributed by atoms with Crippen molar-refractivity contribution in [2.24, 2.45) is 0 Å². The van der Waals surface area contributed by atoms with Crippen molar-refractivity contribution in [3.05, 3.63) is 81.4 Å². The summed E-state index contributed by atoms with van der Waals surface area (Å²) >= 11 is 3.02. The average molecular weight is 381 g/mol. The molecule has 0 fully saturated rings. The summed E-state index contributed by atoms with van der Waals surface area (Å²) in [6.45, 7) is 1.80. The minimum absolute atomic E-state index is 0.138. The number of benzene rings is 2. The molecule has 6 heteroatoms. The highest BCUT2D eigenvalue weighted by atomic mass is 32.2. The molecule has 0 radical (unpaired) electrons. The van der Waals surface area contributed by atoms with Crippen molar-refractivity contribution < 1.29 is 12.6 Å². The van der Waals surface area contributed by atoms with Crippen LogP contribution in [0, 0.1) is 0 Å². The van der Waals surface area contributed by atoms with E-state index >= 15 is 0 Å². The molecule has 0 aliphatic heterocycles. The lowest BCUT2D eigenvalue weighted by Gasteiger charge is -2.08. The number of hydrogen-bond donors (Lipinski definition) is 0. The second-order valence-electron chi connectivity index (χ2n) is 4.88. The van der Waals surface area contributed by atoms with E-state index in [0.29, 0.717) is 0 Å². The quantitative estimate of drug-likeness (QED) is 0.572. The van der Waals surface area contributed by atoms with Gasteiger partial charge >= 0.3 is 0 Å². The van der Waals surface area contributed by atoms with E-state index in [4.69, 9.17) is 4.18 Å². The van der Waals surface area contributed by atoms with Crippen LogP contribution >= 0.6 is 23.5 Å². The van der Waals surface area contributed by atoms with E-state index in [0.717, 1.165) is 26.9 Å². The molecule has 2 aromatic rings. The van der Waals surface area contributed by atoms with Crippen molar-refractivity contribution in [3.63, 3.8) is 0 Å². The van der Waals surface area contributed by atoms with E-state index in [-0.39, 0.29) is 6.61 Å². The molecule has 0 N–H and O–H groups in total. The zero-order valence-electron chi connectivity index (χ0n) is 13.4. The molecule has 128 valence electrons. The van der Waals surface area contributed by atoms with Gasteiger partial charge in [-0.3, -0.25) is 4.18 Å². The van der Waals surface area contributed by atoms with Crippen LogP contribution in [0.25, 0.3) is 0 Å². The van der Waals surface area contributed by atoms with E-state index in [1.807, 2.05) is 60.7 Å². The first-order valence-corrected chi connectivity index (χ1v) is 11.0. The summed E-state index contributed by atoms with van der Waals surface area (Å²) in [6.07, 6.45) is 0. The summed E-state index contributed by atoms with van der Waals surface area (Å²) < 4.78 is 29.4. The second-order valence-corrected chi connectivity index (χ2v) is 8.63. The Bertz CT molecular complexity index is 696. The van der Waals surface area contributed by atoms with Crippen LogP contribution in [0.1, 0.15) is 18.1 Å². The maximum atomic E-state index is 11.9. The molecule has 24 heavy (non-hydrogen) atoms. The summed E-state index contributed by atoms with van der Waals surface area (Å²) in [4.78, 5) is 0. The molecular formula is C18H20O3S3. The lowest BCUT2D eigenvalue weighted by Crippen LogP contribution is -2.01. The van der Waals surface area contributed by atoms with E-state index in [9.17, 15) is 8.42 Å². The molecule has 0 bridgehead atoms. The SMILES string of the molecule is CCOS(=O)(=O)C=C(SCc1ccccc1)SCc1ccccc1. The van der Waals surface area contributed by atoms with E-state index in [1.165, 1.54) is 28.9 Å². The first-order valence-electron chi connectivity index (χ1n) is 7.53. The Balaban J connectivity index is 2.07. The van der Waals surface area contributed by atoms with Crippen molar-refractivity contribution in [2.75, 3.05) is 6.61 Å². The Hall–Kier alpha value is -1.21. The number of thioether (sulfide) groups is 2. The van der Waals surface area contributed by atoms with Crippen LogP contribution in [0.4, 0.5) is 0 Å². The van der Waals surface area contributed by atoms with Crippen LogP contribution in [0.5, 0.6) is 0 Å². The molecule has 2 rings (SSSR count). The molecule has 2 aromatic carbocycles. The minimum atomic E-state index is -3.64. The lowest BCUT2D eigenvalue weighted by atomic mass is 10.2. The molecule has 0 heterocycles. The molecule has 0 aromatic heterocycles. The predicted octanol–water partition coefficient (Wildman–Crippen LogP) is 5.02. The highest BCUT2D eigenvalue weighted by molar-refractivity contribution is 8.22. The van der Waals surface area contributed by atoms with Gasteiger partial charge in [-0.1, -0.05) is 60.7 Å².